The predicted octanol–water partition coefficient (Wildman–Crippen LogP) is 3.57. The highest BCUT2D eigenvalue weighted by molar-refractivity contribution is 9.10. The Balaban J connectivity index is 2.53. The predicted molar refractivity (Wildman–Crippen MR) is 80.7 cm³/mol. The third-order valence-electron chi connectivity index (χ3n) is 2.91. The quantitative estimate of drug-likeness (QED) is 0.938. The number of anilines is 1. The number of nitrogens with one attached hydrogen (secondary N) is 1. The summed E-state index contributed by atoms with van der Waals surface area (Å²) in [6.45, 7) is 3.96. The lowest BCUT2D eigenvalue weighted by Crippen LogP contribution is -2.01. The Labute approximate surface area is 121 Å². The summed E-state index contributed by atoms with van der Waals surface area (Å²) in [5.74, 6) is 2.36. The van der Waals surface area contributed by atoms with Crippen LogP contribution < -0.4 is 10.1 Å². The zero-order valence-corrected chi connectivity index (χ0v) is 13.0. The number of hydrogen-bond acceptors (Lipinski definition) is 4. The van der Waals surface area contributed by atoms with Crippen molar-refractivity contribution < 1.29 is 4.74 Å². The van der Waals surface area contributed by atoms with Gasteiger partial charge in [0.2, 0.25) is 0 Å². The number of methoxy groups -OCH3 is 1. The number of aromatic nitrogens is 2. The fourth-order valence-electron chi connectivity index (χ4n) is 1.87. The lowest BCUT2D eigenvalue weighted by atomic mass is 10.1. The van der Waals surface area contributed by atoms with Gasteiger partial charge < -0.3 is 10.1 Å². The van der Waals surface area contributed by atoms with E-state index in [1.165, 1.54) is 0 Å². The first-order valence-electron chi connectivity index (χ1n) is 5.93. The zero-order valence-electron chi connectivity index (χ0n) is 11.4. The van der Waals surface area contributed by atoms with E-state index in [9.17, 15) is 0 Å². The van der Waals surface area contributed by atoms with Gasteiger partial charge in [-0.2, -0.15) is 0 Å². The van der Waals surface area contributed by atoms with Crippen LogP contribution in [0.2, 0.25) is 0 Å². The molecule has 0 saturated carbocycles. The maximum Gasteiger partial charge on any atom is 0.161 e. The van der Waals surface area contributed by atoms with Gasteiger partial charge in [0.25, 0.3) is 0 Å². The number of halogens is 1. The fraction of sp³-hybridized carbons (Fsp3) is 0.286. The molecule has 0 aliphatic carbocycles. The van der Waals surface area contributed by atoms with Crippen LogP contribution in [-0.4, -0.2) is 24.1 Å². The van der Waals surface area contributed by atoms with E-state index in [0.717, 1.165) is 32.9 Å². The molecule has 0 amide bonds. The molecule has 0 aliphatic rings. The van der Waals surface area contributed by atoms with Crippen molar-refractivity contribution >= 4 is 21.7 Å². The van der Waals surface area contributed by atoms with Crippen LogP contribution in [0, 0.1) is 13.8 Å². The van der Waals surface area contributed by atoms with Crippen LogP contribution in [0.1, 0.15) is 11.3 Å². The topological polar surface area (TPSA) is 47.0 Å². The van der Waals surface area contributed by atoms with Crippen molar-refractivity contribution in [3.63, 3.8) is 0 Å². The summed E-state index contributed by atoms with van der Waals surface area (Å²) < 4.78 is 6.16. The lowest BCUT2D eigenvalue weighted by molar-refractivity contribution is 0.412. The Morgan fingerprint density at radius 2 is 1.95 bits per heavy atom. The van der Waals surface area contributed by atoms with E-state index < -0.39 is 0 Å². The Hall–Kier alpha value is -1.62. The van der Waals surface area contributed by atoms with Crippen LogP contribution >= 0.6 is 15.9 Å². The molecule has 0 fully saturated rings. The smallest absolute Gasteiger partial charge is 0.161 e. The van der Waals surface area contributed by atoms with E-state index in [0.29, 0.717) is 5.82 Å². The molecular formula is C14H16BrN3O. The SMILES string of the molecule is CNc1nc(-c2ccc(OC)c(C)c2)nc(C)c1Br. The molecule has 0 radical (unpaired) electrons. The van der Waals surface area contributed by atoms with Crippen molar-refractivity contribution in [2.45, 2.75) is 13.8 Å². The van der Waals surface area contributed by atoms with Crippen molar-refractivity contribution in [3.05, 3.63) is 33.9 Å². The molecule has 2 rings (SSSR count). The molecule has 19 heavy (non-hydrogen) atoms. The fourth-order valence-corrected chi connectivity index (χ4v) is 2.25. The zero-order chi connectivity index (χ0) is 14.0. The first-order chi connectivity index (χ1) is 9.06. The van der Waals surface area contributed by atoms with E-state index in [-0.39, 0.29) is 0 Å². The molecule has 4 nitrogen and oxygen atoms in total. The van der Waals surface area contributed by atoms with Gasteiger partial charge in [-0.15, -0.1) is 0 Å². The average Bonchev–Trinajstić information content (AvgIpc) is 2.41. The molecule has 0 atom stereocenters. The molecule has 1 N–H and O–H groups in total. The van der Waals surface area contributed by atoms with Crippen LogP contribution in [0.15, 0.2) is 22.7 Å². The van der Waals surface area contributed by atoms with Gasteiger partial charge in [-0.25, -0.2) is 9.97 Å². The van der Waals surface area contributed by atoms with Gasteiger partial charge in [0, 0.05) is 12.6 Å². The summed E-state index contributed by atoms with van der Waals surface area (Å²) in [5.41, 5.74) is 2.95. The Kier molecular flexibility index (Phi) is 4.04. The van der Waals surface area contributed by atoms with Crippen molar-refractivity contribution in [2.75, 3.05) is 19.5 Å². The third kappa shape index (κ3) is 2.71. The molecule has 2 aromatic rings. The average molecular weight is 322 g/mol. The molecule has 1 aromatic carbocycles. The molecule has 1 aromatic heterocycles. The number of rotatable bonds is 3. The van der Waals surface area contributed by atoms with E-state index in [4.69, 9.17) is 4.74 Å². The van der Waals surface area contributed by atoms with E-state index >= 15 is 0 Å². The van der Waals surface area contributed by atoms with Gasteiger partial charge in [0.05, 0.1) is 17.3 Å². The first-order valence-corrected chi connectivity index (χ1v) is 6.73. The molecule has 0 saturated heterocycles. The van der Waals surface area contributed by atoms with Crippen molar-refractivity contribution in [2.24, 2.45) is 0 Å². The summed E-state index contributed by atoms with van der Waals surface area (Å²) in [4.78, 5) is 9.02. The van der Waals surface area contributed by atoms with Gasteiger partial charge in [0.1, 0.15) is 11.6 Å². The molecule has 0 unspecified atom stereocenters. The minimum Gasteiger partial charge on any atom is -0.496 e. The summed E-state index contributed by atoms with van der Waals surface area (Å²) in [6.07, 6.45) is 0. The highest BCUT2D eigenvalue weighted by Crippen LogP contribution is 2.28. The number of nitrogens with zero attached hydrogens (tertiary/aromatic N) is 2. The van der Waals surface area contributed by atoms with E-state index in [1.807, 2.05) is 39.1 Å². The number of ether oxygens (including phenoxy) is 1. The van der Waals surface area contributed by atoms with Crippen molar-refractivity contribution in [1.29, 1.82) is 0 Å². The summed E-state index contributed by atoms with van der Waals surface area (Å²) in [6, 6.07) is 5.93. The van der Waals surface area contributed by atoms with Crippen LogP contribution in [-0.2, 0) is 0 Å². The summed E-state index contributed by atoms with van der Waals surface area (Å²) >= 11 is 3.48. The van der Waals surface area contributed by atoms with Gasteiger partial charge >= 0.3 is 0 Å². The van der Waals surface area contributed by atoms with Crippen LogP contribution in [0.25, 0.3) is 11.4 Å². The van der Waals surface area contributed by atoms with Gasteiger partial charge in [0.15, 0.2) is 5.82 Å². The third-order valence-corrected chi connectivity index (χ3v) is 3.86. The summed E-state index contributed by atoms with van der Waals surface area (Å²) in [7, 11) is 3.51. The van der Waals surface area contributed by atoms with Gasteiger partial charge in [-0.05, 0) is 53.5 Å². The number of hydrogen-bond donors (Lipinski definition) is 1. The largest absolute Gasteiger partial charge is 0.496 e. The maximum absolute atomic E-state index is 5.26. The van der Waals surface area contributed by atoms with Crippen LogP contribution in [0.4, 0.5) is 5.82 Å². The summed E-state index contributed by atoms with van der Waals surface area (Å²) in [5, 5.41) is 3.06. The minimum atomic E-state index is 0.704. The van der Waals surface area contributed by atoms with Gasteiger partial charge in [-0.1, -0.05) is 0 Å². The van der Waals surface area contributed by atoms with Crippen molar-refractivity contribution in [3.8, 4) is 17.1 Å². The van der Waals surface area contributed by atoms with Crippen LogP contribution in [0.3, 0.4) is 0 Å². The number of benzene rings is 1. The van der Waals surface area contributed by atoms with E-state index in [2.05, 4.69) is 31.2 Å². The Morgan fingerprint density at radius 3 is 2.53 bits per heavy atom. The number of aryl methyl sites for hydroxylation is 2. The standard InChI is InChI=1S/C14H16BrN3O/c1-8-7-10(5-6-11(8)19-4)13-17-9(2)12(15)14(16-3)18-13/h5-7H,1-4H3,(H,16,17,18). The highest BCUT2D eigenvalue weighted by Gasteiger charge is 2.10. The second-order valence-corrected chi connectivity index (χ2v) is 5.02. The Morgan fingerprint density at radius 1 is 1.21 bits per heavy atom. The molecule has 0 bridgehead atoms. The molecule has 5 heteroatoms. The molecule has 1 heterocycles. The molecule has 100 valence electrons. The second-order valence-electron chi connectivity index (χ2n) is 4.23. The molecule has 0 aliphatic heterocycles. The van der Waals surface area contributed by atoms with Crippen LogP contribution in [0.5, 0.6) is 5.75 Å². The second kappa shape index (κ2) is 5.57. The normalized spacial score (nSPS) is 10.4. The van der Waals surface area contributed by atoms with E-state index in [1.54, 1.807) is 7.11 Å². The minimum absolute atomic E-state index is 0.704. The monoisotopic (exact) mass is 321 g/mol. The first kappa shape index (κ1) is 13.8. The van der Waals surface area contributed by atoms with Crippen molar-refractivity contribution in [1.82, 2.24) is 9.97 Å². The van der Waals surface area contributed by atoms with Gasteiger partial charge in [-0.3, -0.25) is 0 Å². The molecular weight excluding hydrogens is 306 g/mol. The maximum atomic E-state index is 5.26. The molecule has 0 spiro atoms. The lowest BCUT2D eigenvalue weighted by Gasteiger charge is -2.10. The highest BCUT2D eigenvalue weighted by atomic mass is 79.9. The Bertz CT molecular complexity index is 614.